The van der Waals surface area contributed by atoms with Crippen LogP contribution in [0.4, 0.5) is 0 Å². The molecular formula is C19H24N2O3. The van der Waals surface area contributed by atoms with Crippen LogP contribution in [-0.4, -0.2) is 27.8 Å². The highest BCUT2D eigenvalue weighted by molar-refractivity contribution is 5.83. The molecule has 1 saturated carbocycles. The number of aldehydes is 1. The highest BCUT2D eigenvalue weighted by Gasteiger charge is 2.29. The minimum atomic E-state index is -0.0354. The number of aromatic nitrogens is 2. The molecule has 1 aliphatic carbocycles. The van der Waals surface area contributed by atoms with E-state index in [4.69, 9.17) is 4.74 Å². The zero-order valence-corrected chi connectivity index (χ0v) is 14.0. The van der Waals surface area contributed by atoms with Gasteiger partial charge in [0.15, 0.2) is 6.29 Å². The Kier molecular flexibility index (Phi) is 5.18. The van der Waals surface area contributed by atoms with Crippen molar-refractivity contribution >= 4 is 6.29 Å². The number of aromatic hydroxyl groups is 1. The molecule has 2 aromatic rings. The molecule has 24 heavy (non-hydrogen) atoms. The summed E-state index contributed by atoms with van der Waals surface area (Å²) >= 11 is 0. The number of carbonyl (C=O) groups excluding carboxylic acids is 1. The maximum absolute atomic E-state index is 11.2. The molecule has 1 aromatic heterocycles. The van der Waals surface area contributed by atoms with Crippen LogP contribution in [-0.2, 0) is 6.54 Å². The van der Waals surface area contributed by atoms with E-state index in [9.17, 15) is 9.90 Å². The average Bonchev–Trinajstić information content (AvgIpc) is 3.08. The van der Waals surface area contributed by atoms with E-state index in [1.807, 2.05) is 6.20 Å². The van der Waals surface area contributed by atoms with E-state index >= 15 is 0 Å². The SMILES string of the molecule is CCn1nccc1C1CCCCC1COc1cccc(O)c1C=O. The van der Waals surface area contributed by atoms with E-state index in [1.54, 1.807) is 12.1 Å². The van der Waals surface area contributed by atoms with Gasteiger partial charge in [-0.3, -0.25) is 9.48 Å². The van der Waals surface area contributed by atoms with Gasteiger partial charge in [0, 0.05) is 30.3 Å². The van der Waals surface area contributed by atoms with Crippen LogP contribution in [0.2, 0.25) is 0 Å². The molecular weight excluding hydrogens is 304 g/mol. The zero-order valence-electron chi connectivity index (χ0n) is 14.0. The molecule has 0 spiro atoms. The standard InChI is InChI=1S/C19H24N2O3/c1-2-21-17(10-11-20-21)15-7-4-3-6-14(15)13-24-19-9-5-8-18(23)16(19)12-22/h5,8-12,14-15,23H,2-4,6-7,13H2,1H3. The maximum atomic E-state index is 11.2. The van der Waals surface area contributed by atoms with E-state index in [-0.39, 0.29) is 11.3 Å². The van der Waals surface area contributed by atoms with Crippen LogP contribution in [0.1, 0.15) is 54.6 Å². The van der Waals surface area contributed by atoms with Gasteiger partial charge < -0.3 is 9.84 Å². The van der Waals surface area contributed by atoms with Crippen molar-refractivity contribution in [2.24, 2.45) is 5.92 Å². The first-order chi connectivity index (χ1) is 11.7. The lowest BCUT2D eigenvalue weighted by Gasteiger charge is -2.32. The Morgan fingerprint density at radius 1 is 1.33 bits per heavy atom. The predicted octanol–water partition coefficient (Wildman–Crippen LogP) is 3.77. The summed E-state index contributed by atoms with van der Waals surface area (Å²) < 4.78 is 7.99. The Morgan fingerprint density at radius 2 is 2.17 bits per heavy atom. The van der Waals surface area contributed by atoms with Gasteiger partial charge in [-0.15, -0.1) is 0 Å². The van der Waals surface area contributed by atoms with Crippen LogP contribution in [0.25, 0.3) is 0 Å². The Hall–Kier alpha value is -2.30. The van der Waals surface area contributed by atoms with Gasteiger partial charge in [-0.05, 0) is 38.0 Å². The van der Waals surface area contributed by atoms with Gasteiger partial charge in [0.1, 0.15) is 11.5 Å². The highest BCUT2D eigenvalue weighted by Crippen LogP contribution is 2.38. The molecule has 1 fully saturated rings. The summed E-state index contributed by atoms with van der Waals surface area (Å²) in [5, 5.41) is 14.2. The lowest BCUT2D eigenvalue weighted by molar-refractivity contribution is 0.111. The van der Waals surface area contributed by atoms with E-state index < -0.39 is 0 Å². The molecule has 0 saturated heterocycles. The van der Waals surface area contributed by atoms with Gasteiger partial charge in [0.05, 0.1) is 12.2 Å². The fourth-order valence-electron chi connectivity index (χ4n) is 3.69. The summed E-state index contributed by atoms with van der Waals surface area (Å²) in [6.07, 6.45) is 7.18. The first kappa shape index (κ1) is 16.6. The largest absolute Gasteiger partial charge is 0.507 e. The quantitative estimate of drug-likeness (QED) is 0.820. The highest BCUT2D eigenvalue weighted by atomic mass is 16.5. The van der Waals surface area contributed by atoms with Crippen molar-refractivity contribution in [1.29, 1.82) is 0 Å². The van der Waals surface area contributed by atoms with E-state index in [2.05, 4.69) is 22.8 Å². The van der Waals surface area contributed by atoms with E-state index in [0.29, 0.717) is 30.5 Å². The number of hydrogen-bond acceptors (Lipinski definition) is 4. The molecule has 1 heterocycles. The van der Waals surface area contributed by atoms with Gasteiger partial charge in [-0.2, -0.15) is 5.10 Å². The Morgan fingerprint density at radius 3 is 2.96 bits per heavy atom. The Bertz CT molecular complexity index is 696. The molecule has 3 rings (SSSR count). The summed E-state index contributed by atoms with van der Waals surface area (Å²) in [6.45, 7) is 3.52. The molecule has 0 bridgehead atoms. The van der Waals surface area contributed by atoms with Crippen molar-refractivity contribution in [3.05, 3.63) is 41.7 Å². The van der Waals surface area contributed by atoms with Crippen molar-refractivity contribution in [2.75, 3.05) is 6.61 Å². The zero-order chi connectivity index (χ0) is 16.9. The number of rotatable bonds is 6. The first-order valence-corrected chi connectivity index (χ1v) is 8.66. The van der Waals surface area contributed by atoms with Crippen molar-refractivity contribution < 1.29 is 14.6 Å². The summed E-state index contributed by atoms with van der Waals surface area (Å²) in [5.41, 5.74) is 1.50. The average molecular weight is 328 g/mol. The Labute approximate surface area is 142 Å². The van der Waals surface area contributed by atoms with Crippen LogP contribution in [0, 0.1) is 5.92 Å². The van der Waals surface area contributed by atoms with Crippen LogP contribution in [0.15, 0.2) is 30.5 Å². The lowest BCUT2D eigenvalue weighted by atomic mass is 9.78. The normalized spacial score (nSPS) is 20.7. The summed E-state index contributed by atoms with van der Waals surface area (Å²) in [6, 6.07) is 7.04. The summed E-state index contributed by atoms with van der Waals surface area (Å²) in [5.74, 6) is 1.24. The van der Waals surface area contributed by atoms with Gasteiger partial charge in [-0.25, -0.2) is 0 Å². The molecule has 2 atom stereocenters. The first-order valence-electron chi connectivity index (χ1n) is 8.66. The van der Waals surface area contributed by atoms with Gasteiger partial charge >= 0.3 is 0 Å². The van der Waals surface area contributed by atoms with Gasteiger partial charge in [-0.1, -0.05) is 18.9 Å². The molecule has 2 unspecified atom stereocenters. The maximum Gasteiger partial charge on any atom is 0.157 e. The molecule has 0 amide bonds. The van der Waals surface area contributed by atoms with Crippen LogP contribution < -0.4 is 4.74 Å². The number of ether oxygens (including phenoxy) is 1. The number of aryl methyl sites for hydroxylation is 1. The molecule has 5 nitrogen and oxygen atoms in total. The van der Waals surface area contributed by atoms with Crippen molar-refractivity contribution in [3.8, 4) is 11.5 Å². The van der Waals surface area contributed by atoms with Gasteiger partial charge in [0.25, 0.3) is 0 Å². The minimum Gasteiger partial charge on any atom is -0.507 e. The fourth-order valence-corrected chi connectivity index (χ4v) is 3.69. The smallest absolute Gasteiger partial charge is 0.157 e. The summed E-state index contributed by atoms with van der Waals surface area (Å²) in [4.78, 5) is 11.2. The number of carbonyl (C=O) groups is 1. The lowest BCUT2D eigenvalue weighted by Crippen LogP contribution is -2.26. The monoisotopic (exact) mass is 328 g/mol. The van der Waals surface area contributed by atoms with Crippen LogP contribution in [0.5, 0.6) is 11.5 Å². The van der Waals surface area contributed by atoms with Crippen LogP contribution in [0.3, 0.4) is 0 Å². The third kappa shape index (κ3) is 3.30. The Balaban J connectivity index is 1.75. The molecule has 0 radical (unpaired) electrons. The second-order valence-corrected chi connectivity index (χ2v) is 6.34. The van der Waals surface area contributed by atoms with E-state index in [0.717, 1.165) is 19.4 Å². The molecule has 1 N–H and O–H groups in total. The summed E-state index contributed by atoms with van der Waals surface area (Å²) in [7, 11) is 0. The topological polar surface area (TPSA) is 64.3 Å². The van der Waals surface area contributed by atoms with E-state index in [1.165, 1.54) is 24.6 Å². The number of phenols is 1. The fraction of sp³-hybridized carbons (Fsp3) is 0.474. The van der Waals surface area contributed by atoms with Crippen LogP contribution >= 0.6 is 0 Å². The number of benzene rings is 1. The second kappa shape index (κ2) is 7.51. The third-order valence-corrected chi connectivity index (χ3v) is 4.95. The second-order valence-electron chi connectivity index (χ2n) is 6.34. The van der Waals surface area contributed by atoms with Gasteiger partial charge in [0.2, 0.25) is 0 Å². The third-order valence-electron chi connectivity index (χ3n) is 4.95. The molecule has 1 aromatic carbocycles. The molecule has 128 valence electrons. The van der Waals surface area contributed by atoms with Crippen molar-refractivity contribution in [3.63, 3.8) is 0 Å². The number of phenolic OH excluding ortho intramolecular Hbond substituents is 1. The molecule has 5 heteroatoms. The predicted molar refractivity (Wildman–Crippen MR) is 91.6 cm³/mol. The van der Waals surface area contributed by atoms with Crippen molar-refractivity contribution in [2.45, 2.75) is 45.1 Å². The van der Waals surface area contributed by atoms with Crippen molar-refractivity contribution in [1.82, 2.24) is 9.78 Å². The molecule has 0 aliphatic heterocycles. The number of hydrogen-bond donors (Lipinski definition) is 1. The number of nitrogens with zero attached hydrogens (tertiary/aromatic N) is 2. The molecule has 1 aliphatic rings. The minimum absolute atomic E-state index is 0.0354.